The van der Waals surface area contributed by atoms with Gasteiger partial charge in [-0.05, 0) is 34.1 Å². The molecule has 0 aliphatic carbocycles. The summed E-state index contributed by atoms with van der Waals surface area (Å²) in [5.74, 6) is 0. The lowest BCUT2D eigenvalue weighted by Gasteiger charge is -1.97. The Bertz CT molecular complexity index is 1180. The van der Waals surface area contributed by atoms with Gasteiger partial charge in [-0.25, -0.2) is 13.1 Å². The Labute approximate surface area is 193 Å². The van der Waals surface area contributed by atoms with Gasteiger partial charge in [-0.2, -0.15) is 21.6 Å². The summed E-state index contributed by atoms with van der Waals surface area (Å²) in [6, 6.07) is 10.4. The van der Waals surface area contributed by atoms with E-state index in [4.69, 9.17) is 26.1 Å². The third-order valence-corrected chi connectivity index (χ3v) is 4.52. The zero-order valence-electron chi connectivity index (χ0n) is 16.1. The molecule has 0 heterocycles. The van der Waals surface area contributed by atoms with E-state index >= 15 is 0 Å². The highest BCUT2D eigenvalue weighted by Crippen LogP contribution is 2.23. The van der Waals surface area contributed by atoms with Crippen LogP contribution in [0.1, 0.15) is 11.1 Å². The predicted octanol–water partition coefficient (Wildman–Crippen LogP) is 5.18. The second kappa shape index (κ2) is 13.1. The van der Waals surface area contributed by atoms with E-state index in [0.29, 0.717) is 4.47 Å². The Kier molecular flexibility index (Phi) is 11.6. The maximum Gasteiger partial charge on any atom is 0.522 e. The zero-order valence-corrected chi connectivity index (χ0v) is 18.5. The van der Waals surface area contributed by atoms with Crippen molar-refractivity contribution in [1.82, 2.24) is 0 Å². The molecule has 0 atom stereocenters. The zero-order chi connectivity index (χ0) is 25.8. The van der Waals surface area contributed by atoms with E-state index < -0.39 is 25.5 Å². The Balaban J connectivity index is 0.000000480. The summed E-state index contributed by atoms with van der Waals surface area (Å²) < 4.78 is 58.2. The molecular weight excluding hydrogens is 541 g/mol. The van der Waals surface area contributed by atoms with E-state index in [2.05, 4.69) is 25.6 Å². The topological polar surface area (TPSA) is 149 Å². The minimum Gasteiger partial charge on any atom is -0.312 e. The average Bonchev–Trinajstić information content (AvgIpc) is 2.69. The first kappa shape index (κ1) is 29.4. The highest BCUT2D eigenvalue weighted by Gasteiger charge is 2.44. The number of rotatable bonds is 4. The van der Waals surface area contributed by atoms with Crippen LogP contribution in [-0.4, -0.2) is 28.3 Å². The minimum atomic E-state index is -5.84. The first-order chi connectivity index (χ1) is 15.1. The Hall–Kier alpha value is -3.60. The van der Waals surface area contributed by atoms with Crippen LogP contribution in [-0.2, 0) is 23.2 Å². The van der Waals surface area contributed by atoms with Crippen molar-refractivity contribution >= 4 is 37.4 Å². The van der Waals surface area contributed by atoms with E-state index in [1.165, 1.54) is 24.3 Å². The largest absolute Gasteiger partial charge is 0.522 e. The summed E-state index contributed by atoms with van der Waals surface area (Å²) in [7, 11) is -5.84. The van der Waals surface area contributed by atoms with Gasteiger partial charge in [-0.3, -0.25) is 24.8 Å². The van der Waals surface area contributed by atoms with Crippen LogP contribution in [0.15, 0.2) is 46.9 Å². The number of benzene rings is 2. The third-order valence-electron chi connectivity index (χ3n) is 3.20. The molecule has 0 aromatic heterocycles. The van der Waals surface area contributed by atoms with Crippen molar-refractivity contribution < 1.29 is 36.0 Å². The second-order valence-electron chi connectivity index (χ2n) is 5.51. The molecule has 0 unspecified atom stereocenters. The summed E-state index contributed by atoms with van der Waals surface area (Å²) >= 11 is 3.17. The number of non-ortho nitro benzene ring substituents is 2. The van der Waals surface area contributed by atoms with Crippen LogP contribution in [0, 0.1) is 33.4 Å². The van der Waals surface area contributed by atoms with Crippen LogP contribution in [0.2, 0.25) is 0 Å². The fraction of sp³-hybridized carbons (Fsp3) is 0.176. The van der Waals surface area contributed by atoms with E-state index in [1.807, 2.05) is 0 Å². The molecule has 2 aromatic rings. The molecule has 0 fully saturated rings. The molecule has 33 heavy (non-hydrogen) atoms. The lowest BCUT2D eigenvalue weighted by Crippen LogP contribution is -2.21. The molecule has 0 saturated heterocycles. The van der Waals surface area contributed by atoms with Crippen LogP contribution in [0.5, 0.6) is 0 Å². The summed E-state index contributed by atoms with van der Waals surface area (Å²) in [4.78, 5) is 26.0. The van der Waals surface area contributed by atoms with Gasteiger partial charge >= 0.3 is 15.6 Å². The fourth-order valence-electron chi connectivity index (χ4n) is 1.68. The Morgan fingerprint density at radius 2 is 1.36 bits per heavy atom. The smallest absolute Gasteiger partial charge is 0.312 e. The van der Waals surface area contributed by atoms with Crippen molar-refractivity contribution in [2.24, 2.45) is 0 Å². The average molecular weight is 553 g/mol. The van der Waals surface area contributed by atoms with Gasteiger partial charge in [0, 0.05) is 39.9 Å². The molecule has 0 bridgehead atoms. The number of hydrogen-bond donors (Lipinski definition) is 1. The fourth-order valence-corrected chi connectivity index (χ4v) is 2.17. The molecular formula is C17H12BrF3N4O7S. The molecule has 0 aliphatic heterocycles. The van der Waals surface area contributed by atoms with Crippen molar-refractivity contribution in [3.63, 3.8) is 0 Å². The number of alkyl halides is 3. The van der Waals surface area contributed by atoms with Gasteiger partial charge in [0.15, 0.2) is 0 Å². The summed E-state index contributed by atoms with van der Waals surface area (Å²) in [6.07, 6.45) is 0. The van der Waals surface area contributed by atoms with Crippen molar-refractivity contribution in [1.29, 1.82) is 0 Å². The highest BCUT2D eigenvalue weighted by atomic mass is 79.9. The Morgan fingerprint density at radius 3 is 1.70 bits per heavy atom. The second-order valence-corrected chi connectivity index (χ2v) is 7.78. The van der Waals surface area contributed by atoms with Crippen molar-refractivity contribution in [3.05, 3.63) is 101 Å². The quantitative estimate of drug-likeness (QED) is 0.180. The van der Waals surface area contributed by atoms with Crippen LogP contribution in [0.4, 0.5) is 24.5 Å². The molecule has 1 N–H and O–H groups in total. The standard InChI is InChI=1S/C8H5BrN2O2.C8H6N2O2.CHF3O3S/c1-10-5-6-2-3-7(11(12)13)4-8(6)9;1-9-6-7-2-4-8(5-3-7)10(11)12;2-1(3,4)8(5,6)7/h2-4H,5H2;2-5H,6H2;(H,5,6,7). The molecule has 2 rings (SSSR count). The molecule has 0 radical (unpaired) electrons. The maximum absolute atomic E-state index is 10.7. The van der Waals surface area contributed by atoms with Crippen molar-refractivity contribution in [3.8, 4) is 0 Å². The number of halogens is 4. The van der Waals surface area contributed by atoms with Crippen molar-refractivity contribution in [2.45, 2.75) is 18.6 Å². The van der Waals surface area contributed by atoms with E-state index in [0.717, 1.165) is 11.1 Å². The predicted molar refractivity (Wildman–Crippen MR) is 112 cm³/mol. The van der Waals surface area contributed by atoms with Crippen LogP contribution < -0.4 is 0 Å². The molecule has 0 spiro atoms. The summed E-state index contributed by atoms with van der Waals surface area (Å²) in [5, 5.41) is 20.6. The number of nitrogens with zero attached hydrogens (tertiary/aromatic N) is 4. The van der Waals surface area contributed by atoms with E-state index in [-0.39, 0.29) is 24.5 Å². The third kappa shape index (κ3) is 11.0. The Morgan fingerprint density at radius 1 is 0.939 bits per heavy atom. The monoisotopic (exact) mass is 552 g/mol. The summed E-state index contributed by atoms with van der Waals surface area (Å²) in [5.41, 5.74) is -3.88. The van der Waals surface area contributed by atoms with Gasteiger partial charge in [-0.1, -0.05) is 0 Å². The lowest BCUT2D eigenvalue weighted by molar-refractivity contribution is -0.385. The molecule has 0 aliphatic rings. The van der Waals surface area contributed by atoms with Crippen molar-refractivity contribution in [2.75, 3.05) is 0 Å². The van der Waals surface area contributed by atoms with E-state index in [9.17, 15) is 33.4 Å². The molecule has 176 valence electrons. The van der Waals surface area contributed by atoms with Crippen LogP contribution >= 0.6 is 15.9 Å². The molecule has 2 aromatic carbocycles. The SMILES string of the molecule is O=S(=O)(O)C(F)(F)F.[C-]#[N+]Cc1ccc([N+](=O)[O-])cc1.[C-]#[N+]Cc1ccc([N+](=O)[O-])cc1Br. The van der Waals surface area contributed by atoms with Gasteiger partial charge in [0.1, 0.15) is 0 Å². The number of hydrogen-bond acceptors (Lipinski definition) is 6. The maximum atomic E-state index is 10.7. The van der Waals surface area contributed by atoms with Crippen LogP contribution in [0.3, 0.4) is 0 Å². The van der Waals surface area contributed by atoms with Gasteiger partial charge in [0.25, 0.3) is 11.4 Å². The van der Waals surface area contributed by atoms with Gasteiger partial charge in [0.2, 0.25) is 13.1 Å². The summed E-state index contributed by atoms with van der Waals surface area (Å²) in [6.45, 7) is 13.7. The normalized spacial score (nSPS) is 10.3. The number of nitro groups is 2. The first-order valence-electron chi connectivity index (χ1n) is 8.00. The molecule has 0 amide bonds. The van der Waals surface area contributed by atoms with Gasteiger partial charge in [0.05, 0.1) is 9.85 Å². The lowest BCUT2D eigenvalue weighted by atomic mass is 10.2. The molecule has 0 saturated carbocycles. The first-order valence-corrected chi connectivity index (χ1v) is 10.2. The minimum absolute atomic E-state index is 0.0283. The van der Waals surface area contributed by atoms with Crippen LogP contribution in [0.25, 0.3) is 9.69 Å². The van der Waals surface area contributed by atoms with E-state index in [1.54, 1.807) is 18.2 Å². The molecule has 16 heteroatoms. The van der Waals surface area contributed by atoms with Gasteiger partial charge < -0.3 is 9.69 Å². The van der Waals surface area contributed by atoms with Gasteiger partial charge in [-0.15, -0.1) is 0 Å². The number of nitro benzene ring substituents is 2. The molecule has 11 nitrogen and oxygen atoms in total. The highest BCUT2D eigenvalue weighted by molar-refractivity contribution is 9.10.